The van der Waals surface area contributed by atoms with Gasteiger partial charge in [0.15, 0.2) is 0 Å². The van der Waals surface area contributed by atoms with Crippen molar-refractivity contribution < 1.29 is 47.7 Å². The number of primary amides is 1. The van der Waals surface area contributed by atoms with E-state index < -0.39 is 23.9 Å². The van der Waals surface area contributed by atoms with Gasteiger partial charge in [-0.05, 0) is 49.8 Å². The summed E-state index contributed by atoms with van der Waals surface area (Å²) in [5, 5.41) is 10.4. The topological polar surface area (TPSA) is 206 Å². The van der Waals surface area contributed by atoms with Crippen LogP contribution >= 0.6 is 0 Å². The molecule has 2 unspecified atom stereocenters. The number of hydrogen-bond acceptors (Lipinski definition) is 10. The molecular weight excluding hydrogens is 686 g/mol. The Balaban J connectivity index is -0.00000286. The number of ether oxygens (including phenoxy) is 5. The predicted molar refractivity (Wildman–Crippen MR) is 209 cm³/mol. The van der Waals surface area contributed by atoms with Gasteiger partial charge in [-0.3, -0.25) is 14.4 Å². The van der Waals surface area contributed by atoms with Crippen molar-refractivity contribution in [3.63, 3.8) is 0 Å². The van der Waals surface area contributed by atoms with Crippen LogP contribution in [-0.4, -0.2) is 109 Å². The van der Waals surface area contributed by atoms with Crippen molar-refractivity contribution in [1.29, 1.82) is 0 Å². The number of nitrogens with one attached hydrogen (secondary N) is 4. The third kappa shape index (κ3) is 37.9. The van der Waals surface area contributed by atoms with E-state index in [1.54, 1.807) is 19.2 Å². The van der Waals surface area contributed by atoms with E-state index in [1.165, 1.54) is 13.3 Å². The van der Waals surface area contributed by atoms with Gasteiger partial charge < -0.3 is 55.5 Å². The maximum Gasteiger partial charge on any atom is 0.312 e. The molecule has 1 aromatic carbocycles. The number of carbonyl (C=O) groups excluding carboxylic acids is 5. The van der Waals surface area contributed by atoms with Gasteiger partial charge in [-0.2, -0.15) is 0 Å². The molecule has 6 N–H and O–H groups in total. The van der Waals surface area contributed by atoms with Gasteiger partial charge in [0.1, 0.15) is 12.3 Å². The van der Waals surface area contributed by atoms with Crippen LogP contribution in [0.25, 0.3) is 0 Å². The van der Waals surface area contributed by atoms with Gasteiger partial charge >= 0.3 is 6.03 Å². The van der Waals surface area contributed by atoms with Crippen LogP contribution in [0.3, 0.4) is 0 Å². The van der Waals surface area contributed by atoms with Gasteiger partial charge in [0, 0.05) is 32.4 Å². The van der Waals surface area contributed by atoms with Gasteiger partial charge in [0.25, 0.3) is 0 Å². The molecule has 308 valence electrons. The van der Waals surface area contributed by atoms with Crippen molar-refractivity contribution in [2.24, 2.45) is 11.7 Å². The summed E-state index contributed by atoms with van der Waals surface area (Å²) in [5.74, 6) is -0.656. The maximum absolute atomic E-state index is 12.9. The zero-order valence-corrected chi connectivity index (χ0v) is 33.7. The Morgan fingerprint density at radius 3 is 1.79 bits per heavy atom. The van der Waals surface area contributed by atoms with Crippen LogP contribution in [0.1, 0.15) is 92.6 Å². The summed E-state index contributed by atoms with van der Waals surface area (Å²) in [6.07, 6.45) is 4.91. The highest BCUT2D eigenvalue weighted by Crippen LogP contribution is 2.12. The fraction of sp³-hybridized carbons (Fsp3) is 0.711. The summed E-state index contributed by atoms with van der Waals surface area (Å²) < 4.78 is 26.9. The number of urea groups is 1. The van der Waals surface area contributed by atoms with Gasteiger partial charge in [0.05, 0.1) is 59.4 Å². The number of methoxy groups -OCH3 is 1. The van der Waals surface area contributed by atoms with Crippen LogP contribution < -0.4 is 27.0 Å². The predicted octanol–water partition coefficient (Wildman–Crippen LogP) is 4.36. The van der Waals surface area contributed by atoms with Crippen LogP contribution in [0.15, 0.2) is 24.3 Å². The normalized spacial score (nSPS) is 11.1. The summed E-state index contributed by atoms with van der Waals surface area (Å²) in [5.41, 5.74) is 6.58. The lowest BCUT2D eigenvalue weighted by Gasteiger charge is -2.19. The first-order valence-corrected chi connectivity index (χ1v) is 18.8. The van der Waals surface area contributed by atoms with E-state index in [0.717, 1.165) is 31.3 Å². The van der Waals surface area contributed by atoms with Crippen molar-refractivity contribution in [2.45, 2.75) is 99.6 Å². The molecule has 0 bridgehead atoms. The molecule has 2 atom stereocenters. The Morgan fingerprint density at radius 1 is 0.792 bits per heavy atom. The number of rotatable bonds is 27. The Morgan fingerprint density at radius 2 is 1.30 bits per heavy atom. The van der Waals surface area contributed by atoms with E-state index in [0.29, 0.717) is 64.3 Å². The van der Waals surface area contributed by atoms with Crippen molar-refractivity contribution >= 4 is 35.7 Å². The SMILES string of the molecule is CC.CC=O.CCC.CCC(C)CCOCCOCCOCCOCCC(=O)NCC(=O)NC(CCCNC(N)=O)C(=O)Nc1ccc(COC)cc1. The van der Waals surface area contributed by atoms with Crippen molar-refractivity contribution in [1.82, 2.24) is 16.0 Å². The van der Waals surface area contributed by atoms with E-state index >= 15 is 0 Å². The maximum atomic E-state index is 12.9. The van der Waals surface area contributed by atoms with Crippen molar-refractivity contribution in [2.75, 3.05) is 78.4 Å². The minimum atomic E-state index is -0.899. The summed E-state index contributed by atoms with van der Waals surface area (Å²) >= 11 is 0. The lowest BCUT2D eigenvalue weighted by atomic mass is 10.1. The number of carbonyl (C=O) groups is 5. The largest absolute Gasteiger partial charge is 0.380 e. The van der Waals surface area contributed by atoms with E-state index in [4.69, 9.17) is 34.2 Å². The number of benzene rings is 1. The number of amides is 5. The lowest BCUT2D eigenvalue weighted by molar-refractivity contribution is -0.128. The molecule has 0 saturated carbocycles. The minimum Gasteiger partial charge on any atom is -0.380 e. The fourth-order valence-corrected chi connectivity index (χ4v) is 3.79. The second kappa shape index (κ2) is 41.1. The van der Waals surface area contributed by atoms with Gasteiger partial charge in [-0.1, -0.05) is 66.5 Å². The summed E-state index contributed by atoms with van der Waals surface area (Å²) in [6.45, 7) is 18.1. The molecule has 0 aliphatic rings. The van der Waals surface area contributed by atoms with Crippen LogP contribution in [0.2, 0.25) is 0 Å². The molecule has 15 heteroatoms. The molecule has 0 radical (unpaired) electrons. The first-order chi connectivity index (χ1) is 25.6. The molecule has 0 saturated heterocycles. The second-order valence-electron chi connectivity index (χ2n) is 11.4. The molecule has 0 aliphatic carbocycles. The molecule has 53 heavy (non-hydrogen) atoms. The third-order valence-electron chi connectivity index (χ3n) is 6.64. The van der Waals surface area contributed by atoms with Crippen molar-refractivity contribution in [3.8, 4) is 0 Å². The molecule has 1 aromatic rings. The Kier molecular flexibility index (Phi) is 41.7. The Hall–Kier alpha value is -3.63. The minimum absolute atomic E-state index is 0.0647. The molecule has 0 aliphatic heterocycles. The van der Waals surface area contributed by atoms with Crippen LogP contribution in [0.5, 0.6) is 0 Å². The number of nitrogens with two attached hydrogens (primary N) is 1. The van der Waals surface area contributed by atoms with Crippen molar-refractivity contribution in [3.05, 3.63) is 29.8 Å². The molecule has 0 spiro atoms. The molecule has 5 amide bonds. The highest BCUT2D eigenvalue weighted by Gasteiger charge is 2.21. The smallest absolute Gasteiger partial charge is 0.312 e. The molecular formula is C38H71N5O10. The van der Waals surface area contributed by atoms with Crippen LogP contribution in [0.4, 0.5) is 10.5 Å². The molecule has 0 heterocycles. The zero-order chi connectivity index (χ0) is 40.5. The number of hydrogen-bond donors (Lipinski definition) is 5. The monoisotopic (exact) mass is 758 g/mol. The zero-order valence-electron chi connectivity index (χ0n) is 33.7. The van der Waals surface area contributed by atoms with E-state index in [-0.39, 0.29) is 38.4 Å². The first kappa shape index (κ1) is 53.7. The lowest BCUT2D eigenvalue weighted by Crippen LogP contribution is -2.47. The molecule has 0 fully saturated rings. The van der Waals surface area contributed by atoms with Crippen LogP contribution in [-0.2, 0) is 49.5 Å². The molecule has 15 nitrogen and oxygen atoms in total. The fourth-order valence-electron chi connectivity index (χ4n) is 3.79. The van der Waals surface area contributed by atoms with Gasteiger partial charge in [-0.15, -0.1) is 0 Å². The Labute approximate surface area is 318 Å². The summed E-state index contributed by atoms with van der Waals surface area (Å²) in [7, 11) is 1.59. The highest BCUT2D eigenvalue weighted by molar-refractivity contribution is 5.97. The molecule has 1 rings (SSSR count). The number of aldehydes is 1. The first-order valence-electron chi connectivity index (χ1n) is 18.8. The molecule has 0 aromatic heterocycles. The average Bonchev–Trinajstić information content (AvgIpc) is 3.14. The Bertz CT molecular complexity index is 1030. The summed E-state index contributed by atoms with van der Waals surface area (Å²) in [4.78, 5) is 57.3. The number of anilines is 1. The third-order valence-corrected chi connectivity index (χ3v) is 6.64. The van der Waals surface area contributed by atoms with Gasteiger partial charge in [0.2, 0.25) is 17.7 Å². The van der Waals surface area contributed by atoms with E-state index in [9.17, 15) is 19.2 Å². The van der Waals surface area contributed by atoms with E-state index in [2.05, 4.69) is 49.0 Å². The standard InChI is InChI=1S/C31H53N5O9.C3H8.C2H4O.C2H6/c1-4-24(2)11-14-42-16-18-44-20-21-45-19-17-43-15-12-28(37)34-22-29(38)36-27(6-5-13-33-31(32)40)30(39)35-26-9-7-25(8-10-26)23-41-3;1-3-2;1-2-3;1-2/h7-10,24,27H,4-6,11-23H2,1-3H3,(H,34,37)(H,35,39)(H,36,38)(H3,32,33,40);3H2,1-2H3;2H,1H3;1-2H3. The van der Waals surface area contributed by atoms with E-state index in [1.807, 2.05) is 26.0 Å². The highest BCUT2D eigenvalue weighted by atomic mass is 16.6. The quantitative estimate of drug-likeness (QED) is 0.0633. The second-order valence-corrected chi connectivity index (χ2v) is 11.4. The van der Waals surface area contributed by atoms with Crippen LogP contribution in [0, 0.1) is 5.92 Å². The summed E-state index contributed by atoms with van der Waals surface area (Å²) in [6, 6.07) is 5.53. The average molecular weight is 758 g/mol. The van der Waals surface area contributed by atoms with Gasteiger partial charge in [-0.25, -0.2) is 4.79 Å².